The van der Waals surface area contributed by atoms with Gasteiger partial charge in [0, 0.05) is 6.04 Å². The third-order valence-corrected chi connectivity index (χ3v) is 5.10. The Labute approximate surface area is 123 Å². The van der Waals surface area contributed by atoms with Crippen LogP contribution in [-0.2, 0) is 10.2 Å². The van der Waals surface area contributed by atoms with Crippen molar-refractivity contribution in [3.8, 4) is 0 Å². The van der Waals surface area contributed by atoms with Gasteiger partial charge in [-0.3, -0.25) is 4.90 Å². The smallest absolute Gasteiger partial charge is 0.0600 e. The van der Waals surface area contributed by atoms with Crippen LogP contribution in [0.3, 0.4) is 0 Å². The van der Waals surface area contributed by atoms with Crippen molar-refractivity contribution in [2.45, 2.75) is 50.5 Å². The number of nitrogens with zero attached hydrogens (tertiary/aromatic N) is 1. The Morgan fingerprint density at radius 2 is 1.80 bits per heavy atom. The molecule has 0 aromatic heterocycles. The molecule has 110 valence electrons. The van der Waals surface area contributed by atoms with Gasteiger partial charge in [-0.25, -0.2) is 0 Å². The Bertz CT molecular complexity index is 407. The van der Waals surface area contributed by atoms with Gasteiger partial charge >= 0.3 is 0 Å². The molecule has 3 rings (SSSR count). The maximum atomic E-state index is 5.68. The zero-order chi connectivity index (χ0) is 13.8. The van der Waals surface area contributed by atoms with E-state index in [0.29, 0.717) is 6.04 Å². The lowest BCUT2D eigenvalue weighted by Crippen LogP contribution is -2.62. The highest BCUT2D eigenvalue weighted by molar-refractivity contribution is 5.30. The summed E-state index contributed by atoms with van der Waals surface area (Å²) < 4.78 is 5.68. The van der Waals surface area contributed by atoms with Crippen LogP contribution in [0.1, 0.15) is 44.6 Å². The van der Waals surface area contributed by atoms with Crippen molar-refractivity contribution in [2.75, 3.05) is 26.3 Å². The van der Waals surface area contributed by atoms with E-state index in [9.17, 15) is 0 Å². The van der Waals surface area contributed by atoms with Crippen LogP contribution < -0.4 is 0 Å². The van der Waals surface area contributed by atoms with Gasteiger partial charge in [0.05, 0.1) is 18.6 Å². The van der Waals surface area contributed by atoms with Crippen LogP contribution in [0.2, 0.25) is 0 Å². The quantitative estimate of drug-likeness (QED) is 0.812. The van der Waals surface area contributed by atoms with Crippen LogP contribution in [0.4, 0.5) is 0 Å². The normalized spacial score (nSPS) is 24.1. The van der Waals surface area contributed by atoms with Crippen LogP contribution in [0.5, 0.6) is 0 Å². The largest absolute Gasteiger partial charge is 0.379 e. The lowest BCUT2D eigenvalue weighted by Gasteiger charge is -2.52. The molecule has 0 saturated carbocycles. The summed E-state index contributed by atoms with van der Waals surface area (Å²) in [6, 6.07) is 11.7. The fourth-order valence-electron chi connectivity index (χ4n) is 3.96. The van der Waals surface area contributed by atoms with E-state index in [4.69, 9.17) is 4.74 Å². The molecular weight excluding hydrogens is 246 g/mol. The van der Waals surface area contributed by atoms with E-state index in [1.165, 1.54) is 50.8 Å². The fraction of sp³-hybridized carbons (Fsp3) is 0.667. The molecule has 20 heavy (non-hydrogen) atoms. The van der Waals surface area contributed by atoms with E-state index in [-0.39, 0.29) is 5.41 Å². The molecule has 2 nitrogen and oxygen atoms in total. The van der Waals surface area contributed by atoms with Gasteiger partial charge in [-0.05, 0) is 37.9 Å². The second-order valence-corrected chi connectivity index (χ2v) is 6.42. The zero-order valence-corrected chi connectivity index (χ0v) is 12.7. The Balaban J connectivity index is 1.87. The molecule has 2 heteroatoms. The van der Waals surface area contributed by atoms with Crippen molar-refractivity contribution in [3.63, 3.8) is 0 Å². The third kappa shape index (κ3) is 2.51. The minimum atomic E-state index is 0.245. The summed E-state index contributed by atoms with van der Waals surface area (Å²) in [5.41, 5.74) is 1.73. The first-order valence-electron chi connectivity index (χ1n) is 8.24. The van der Waals surface area contributed by atoms with E-state index in [2.05, 4.69) is 42.2 Å². The molecule has 0 aliphatic carbocycles. The van der Waals surface area contributed by atoms with E-state index < -0.39 is 0 Å². The Kier molecular flexibility index (Phi) is 4.42. The molecule has 0 bridgehead atoms. The summed E-state index contributed by atoms with van der Waals surface area (Å²) in [5, 5.41) is 0. The number of benzene rings is 1. The highest BCUT2D eigenvalue weighted by Gasteiger charge is 2.48. The van der Waals surface area contributed by atoms with E-state index in [1.54, 1.807) is 0 Å². The van der Waals surface area contributed by atoms with Crippen molar-refractivity contribution < 1.29 is 4.74 Å². The van der Waals surface area contributed by atoms with Crippen molar-refractivity contribution in [1.29, 1.82) is 0 Å². The minimum absolute atomic E-state index is 0.245. The first-order chi connectivity index (χ1) is 9.87. The molecule has 1 aromatic carbocycles. The number of hydrogen-bond donors (Lipinski definition) is 0. The molecule has 2 saturated heterocycles. The van der Waals surface area contributed by atoms with Gasteiger partial charge in [-0.1, -0.05) is 50.1 Å². The summed E-state index contributed by atoms with van der Waals surface area (Å²) in [4.78, 5) is 2.75. The number of likely N-dealkylation sites (tertiary alicyclic amines) is 1. The zero-order valence-electron chi connectivity index (χ0n) is 12.7. The van der Waals surface area contributed by atoms with Crippen molar-refractivity contribution in [3.05, 3.63) is 35.9 Å². The fourth-order valence-corrected chi connectivity index (χ4v) is 3.96. The Morgan fingerprint density at radius 1 is 1.10 bits per heavy atom. The summed E-state index contributed by atoms with van der Waals surface area (Å²) >= 11 is 0. The average molecular weight is 273 g/mol. The Morgan fingerprint density at radius 3 is 2.35 bits per heavy atom. The predicted molar refractivity (Wildman–Crippen MR) is 83.1 cm³/mol. The van der Waals surface area contributed by atoms with Crippen LogP contribution >= 0.6 is 0 Å². The molecule has 1 atom stereocenters. The van der Waals surface area contributed by atoms with Crippen LogP contribution in [-0.4, -0.2) is 37.2 Å². The van der Waals surface area contributed by atoms with Gasteiger partial charge in [0.25, 0.3) is 0 Å². The Hall–Kier alpha value is -0.860. The highest BCUT2D eigenvalue weighted by Crippen LogP contribution is 2.40. The molecule has 0 amide bonds. The molecular formula is C18H27NO. The number of rotatable bonds is 5. The first-order valence-corrected chi connectivity index (χ1v) is 8.24. The maximum absolute atomic E-state index is 5.68. The standard InChI is InChI=1S/C18H27NO/c1-2-9-17(19-12-7-4-8-13-19)18(14-20-15-18)16-10-5-3-6-11-16/h3,5-6,10-11,17H,2,4,7-9,12-15H2,1H3. The van der Waals surface area contributed by atoms with Gasteiger partial charge in [0.2, 0.25) is 0 Å². The molecule has 0 radical (unpaired) electrons. The number of hydrogen-bond acceptors (Lipinski definition) is 2. The monoisotopic (exact) mass is 273 g/mol. The maximum Gasteiger partial charge on any atom is 0.0600 e. The molecule has 2 aliphatic heterocycles. The summed E-state index contributed by atoms with van der Waals surface area (Å²) in [7, 11) is 0. The van der Waals surface area contributed by atoms with Gasteiger partial charge in [0.15, 0.2) is 0 Å². The SMILES string of the molecule is CCCC(N1CCCCC1)C1(c2ccccc2)COC1. The van der Waals surface area contributed by atoms with Gasteiger partial charge in [0.1, 0.15) is 0 Å². The molecule has 2 fully saturated rings. The van der Waals surface area contributed by atoms with Gasteiger partial charge < -0.3 is 4.74 Å². The molecule has 0 N–H and O–H groups in total. The minimum Gasteiger partial charge on any atom is -0.379 e. The topological polar surface area (TPSA) is 12.5 Å². The van der Waals surface area contributed by atoms with E-state index in [0.717, 1.165) is 13.2 Å². The average Bonchev–Trinajstić information content (AvgIpc) is 2.47. The van der Waals surface area contributed by atoms with E-state index >= 15 is 0 Å². The molecule has 2 heterocycles. The lowest BCUT2D eigenvalue weighted by atomic mass is 9.70. The molecule has 1 aromatic rings. The van der Waals surface area contributed by atoms with Crippen LogP contribution in [0.15, 0.2) is 30.3 Å². The predicted octanol–water partition coefficient (Wildman–Crippen LogP) is 3.61. The van der Waals surface area contributed by atoms with Gasteiger partial charge in [-0.15, -0.1) is 0 Å². The second-order valence-electron chi connectivity index (χ2n) is 6.42. The van der Waals surface area contributed by atoms with Crippen molar-refractivity contribution >= 4 is 0 Å². The van der Waals surface area contributed by atoms with Gasteiger partial charge in [-0.2, -0.15) is 0 Å². The van der Waals surface area contributed by atoms with Crippen LogP contribution in [0, 0.1) is 0 Å². The number of piperidine rings is 1. The summed E-state index contributed by atoms with van der Waals surface area (Å²) in [5.74, 6) is 0. The van der Waals surface area contributed by atoms with Crippen molar-refractivity contribution in [1.82, 2.24) is 4.90 Å². The lowest BCUT2D eigenvalue weighted by molar-refractivity contribution is -0.107. The second kappa shape index (κ2) is 6.28. The highest BCUT2D eigenvalue weighted by atomic mass is 16.5. The molecule has 0 spiro atoms. The molecule has 1 unspecified atom stereocenters. The summed E-state index contributed by atoms with van der Waals surface area (Å²) in [6.07, 6.45) is 6.69. The van der Waals surface area contributed by atoms with Crippen LogP contribution in [0.25, 0.3) is 0 Å². The first kappa shape index (κ1) is 14.1. The van der Waals surface area contributed by atoms with Crippen molar-refractivity contribution in [2.24, 2.45) is 0 Å². The number of ether oxygens (including phenoxy) is 1. The third-order valence-electron chi connectivity index (χ3n) is 5.10. The molecule has 2 aliphatic rings. The van der Waals surface area contributed by atoms with E-state index in [1.807, 2.05) is 0 Å². The summed E-state index contributed by atoms with van der Waals surface area (Å²) in [6.45, 7) is 6.67.